The van der Waals surface area contributed by atoms with Crippen molar-refractivity contribution in [3.8, 4) is 0 Å². The molecule has 14 heavy (non-hydrogen) atoms. The number of thiophene rings is 1. The van der Waals surface area contributed by atoms with Gasteiger partial charge in [-0.2, -0.15) is 0 Å². The van der Waals surface area contributed by atoms with Crippen molar-refractivity contribution in [1.29, 1.82) is 0 Å². The molecule has 2 N–H and O–H groups in total. The maximum absolute atomic E-state index is 11.5. The third-order valence-corrected chi connectivity index (χ3v) is 2.98. The van der Waals surface area contributed by atoms with Gasteiger partial charge in [0.2, 0.25) is 5.91 Å². The number of hydrogen-bond acceptors (Lipinski definition) is 3. The summed E-state index contributed by atoms with van der Waals surface area (Å²) in [4.78, 5) is 22.9. The van der Waals surface area contributed by atoms with Crippen LogP contribution >= 0.6 is 22.9 Å². The molecule has 1 amide bonds. The first-order chi connectivity index (χ1) is 6.50. The van der Waals surface area contributed by atoms with Crippen molar-refractivity contribution in [2.45, 2.75) is 19.8 Å². The highest BCUT2D eigenvalue weighted by atomic mass is 35.5. The largest absolute Gasteiger partial charge is 0.370 e. The van der Waals surface area contributed by atoms with Crippen molar-refractivity contribution in [2.75, 3.05) is 0 Å². The van der Waals surface area contributed by atoms with Crippen molar-refractivity contribution in [2.24, 2.45) is 5.73 Å². The summed E-state index contributed by atoms with van der Waals surface area (Å²) in [5, 5.41) is 0. The lowest BCUT2D eigenvalue weighted by molar-refractivity contribution is -0.117. The number of aryl methyl sites for hydroxylation is 1. The van der Waals surface area contributed by atoms with Crippen LogP contribution in [0.5, 0.6) is 0 Å². The van der Waals surface area contributed by atoms with E-state index in [4.69, 9.17) is 17.3 Å². The van der Waals surface area contributed by atoms with E-state index in [0.29, 0.717) is 9.90 Å². The summed E-state index contributed by atoms with van der Waals surface area (Å²) in [6.45, 7) is 1.88. The van der Waals surface area contributed by atoms with Gasteiger partial charge >= 0.3 is 0 Å². The van der Waals surface area contributed by atoms with E-state index in [1.54, 1.807) is 6.07 Å². The number of Topliss-reactive ketones (excluding diaryl/α,β-unsaturated/α-hetero) is 1. The van der Waals surface area contributed by atoms with E-state index in [9.17, 15) is 9.59 Å². The van der Waals surface area contributed by atoms with Crippen LogP contribution in [0.25, 0.3) is 0 Å². The second-order valence-electron chi connectivity index (χ2n) is 2.93. The predicted octanol–water partition coefficient (Wildman–Crippen LogP) is 2.16. The summed E-state index contributed by atoms with van der Waals surface area (Å²) in [7, 11) is 0. The lowest BCUT2D eigenvalue weighted by atomic mass is 10.1. The summed E-state index contributed by atoms with van der Waals surface area (Å²) in [6.07, 6.45) is 0.204. The maximum Gasteiger partial charge on any atom is 0.217 e. The lowest BCUT2D eigenvalue weighted by Crippen LogP contribution is -2.12. The van der Waals surface area contributed by atoms with E-state index in [-0.39, 0.29) is 18.6 Å². The molecule has 76 valence electrons. The zero-order chi connectivity index (χ0) is 10.7. The molecule has 0 bridgehead atoms. The van der Waals surface area contributed by atoms with Crippen LogP contribution < -0.4 is 5.73 Å². The molecule has 1 aromatic rings. The fourth-order valence-corrected chi connectivity index (χ4v) is 2.31. The predicted molar refractivity (Wildman–Crippen MR) is 56.8 cm³/mol. The monoisotopic (exact) mass is 231 g/mol. The average molecular weight is 232 g/mol. The smallest absolute Gasteiger partial charge is 0.217 e. The Balaban J connectivity index is 2.69. The number of hydrogen-bond donors (Lipinski definition) is 1. The first-order valence-corrected chi connectivity index (χ1v) is 5.27. The first-order valence-electron chi connectivity index (χ1n) is 4.08. The molecule has 1 aromatic heterocycles. The highest BCUT2D eigenvalue weighted by Crippen LogP contribution is 2.28. The molecule has 5 heteroatoms. The fourth-order valence-electron chi connectivity index (χ4n) is 1.05. The van der Waals surface area contributed by atoms with E-state index in [0.717, 1.165) is 4.88 Å². The molecule has 0 spiro atoms. The molecular weight excluding hydrogens is 222 g/mol. The SMILES string of the molecule is Cc1cc(C(=O)CCC(N)=O)c(Cl)s1. The van der Waals surface area contributed by atoms with Gasteiger partial charge in [-0.25, -0.2) is 0 Å². The number of amides is 1. The third-order valence-electron chi connectivity index (χ3n) is 1.71. The number of rotatable bonds is 4. The van der Waals surface area contributed by atoms with Gasteiger partial charge in [-0.15, -0.1) is 11.3 Å². The number of ketones is 1. The quantitative estimate of drug-likeness (QED) is 0.808. The van der Waals surface area contributed by atoms with E-state index in [1.807, 2.05) is 6.92 Å². The van der Waals surface area contributed by atoms with Crippen molar-refractivity contribution in [1.82, 2.24) is 0 Å². The molecule has 3 nitrogen and oxygen atoms in total. The van der Waals surface area contributed by atoms with Crippen LogP contribution in [0.4, 0.5) is 0 Å². The van der Waals surface area contributed by atoms with E-state index < -0.39 is 5.91 Å². The Morgan fingerprint density at radius 2 is 2.14 bits per heavy atom. The molecular formula is C9H10ClNO2S. The summed E-state index contributed by atoms with van der Waals surface area (Å²) in [5.41, 5.74) is 5.44. The number of halogens is 1. The Labute approximate surface area is 90.9 Å². The first kappa shape index (κ1) is 11.2. The Hall–Kier alpha value is -0.870. The van der Waals surface area contributed by atoms with Gasteiger partial charge in [0.1, 0.15) is 4.34 Å². The molecule has 0 aliphatic rings. The van der Waals surface area contributed by atoms with Crippen LogP contribution in [-0.2, 0) is 4.79 Å². The van der Waals surface area contributed by atoms with Gasteiger partial charge in [-0.3, -0.25) is 9.59 Å². The number of primary amides is 1. The fraction of sp³-hybridized carbons (Fsp3) is 0.333. The molecule has 0 aliphatic heterocycles. The third kappa shape index (κ3) is 2.82. The molecule has 0 fully saturated rings. The van der Waals surface area contributed by atoms with Crippen molar-refractivity contribution >= 4 is 34.6 Å². The zero-order valence-corrected chi connectivity index (χ0v) is 9.24. The van der Waals surface area contributed by atoms with Gasteiger partial charge < -0.3 is 5.73 Å². The van der Waals surface area contributed by atoms with E-state index in [2.05, 4.69) is 0 Å². The molecule has 0 aromatic carbocycles. The molecule has 1 rings (SSSR count). The summed E-state index contributed by atoms with van der Waals surface area (Å²) in [6, 6.07) is 1.73. The standard InChI is InChI=1S/C9H10ClNO2S/c1-5-4-6(9(10)14-5)7(12)2-3-8(11)13/h4H,2-3H2,1H3,(H2,11,13). The van der Waals surface area contributed by atoms with Crippen molar-refractivity contribution < 1.29 is 9.59 Å². The van der Waals surface area contributed by atoms with Crippen LogP contribution in [0.3, 0.4) is 0 Å². The minimum atomic E-state index is -0.471. The van der Waals surface area contributed by atoms with Crippen LogP contribution in [0.2, 0.25) is 4.34 Å². The van der Waals surface area contributed by atoms with Crippen molar-refractivity contribution in [3.63, 3.8) is 0 Å². The number of nitrogens with two attached hydrogens (primary N) is 1. The molecule has 0 aliphatic carbocycles. The highest BCUT2D eigenvalue weighted by molar-refractivity contribution is 7.16. The Morgan fingerprint density at radius 1 is 1.50 bits per heavy atom. The van der Waals surface area contributed by atoms with Crippen LogP contribution in [-0.4, -0.2) is 11.7 Å². The van der Waals surface area contributed by atoms with Gasteiger partial charge in [0.15, 0.2) is 5.78 Å². The number of carbonyl (C=O) groups excluding carboxylic acids is 2. The molecule has 0 radical (unpaired) electrons. The van der Waals surface area contributed by atoms with E-state index >= 15 is 0 Å². The van der Waals surface area contributed by atoms with Gasteiger partial charge in [0, 0.05) is 23.3 Å². The minimum absolute atomic E-state index is 0.0735. The second-order valence-corrected chi connectivity index (χ2v) is 4.79. The van der Waals surface area contributed by atoms with Gasteiger partial charge in [0.05, 0.1) is 0 Å². The maximum atomic E-state index is 11.5. The molecule has 0 saturated heterocycles. The topological polar surface area (TPSA) is 60.2 Å². The molecule has 0 saturated carbocycles. The molecule has 0 unspecified atom stereocenters. The van der Waals surface area contributed by atoms with Crippen LogP contribution in [0, 0.1) is 6.92 Å². The average Bonchev–Trinajstić information content (AvgIpc) is 2.41. The van der Waals surface area contributed by atoms with Crippen LogP contribution in [0.15, 0.2) is 6.07 Å². The van der Waals surface area contributed by atoms with E-state index in [1.165, 1.54) is 11.3 Å². The zero-order valence-electron chi connectivity index (χ0n) is 7.67. The lowest BCUT2D eigenvalue weighted by Gasteiger charge is -1.95. The normalized spacial score (nSPS) is 10.1. The summed E-state index contributed by atoms with van der Waals surface area (Å²) in [5.74, 6) is -0.598. The van der Waals surface area contributed by atoms with Crippen molar-refractivity contribution in [3.05, 3.63) is 20.8 Å². The van der Waals surface area contributed by atoms with Crippen LogP contribution in [0.1, 0.15) is 28.1 Å². The highest BCUT2D eigenvalue weighted by Gasteiger charge is 2.13. The molecule has 1 heterocycles. The Morgan fingerprint density at radius 3 is 2.57 bits per heavy atom. The minimum Gasteiger partial charge on any atom is -0.370 e. The summed E-state index contributed by atoms with van der Waals surface area (Å²) < 4.78 is 0.483. The second kappa shape index (κ2) is 4.57. The number of carbonyl (C=O) groups is 2. The Bertz CT molecular complexity index is 373. The van der Waals surface area contributed by atoms with Gasteiger partial charge in [-0.1, -0.05) is 11.6 Å². The molecule has 0 atom stereocenters. The van der Waals surface area contributed by atoms with Gasteiger partial charge in [-0.05, 0) is 13.0 Å². The summed E-state index contributed by atoms with van der Waals surface area (Å²) >= 11 is 7.20. The van der Waals surface area contributed by atoms with Gasteiger partial charge in [0.25, 0.3) is 0 Å². The Kier molecular flexibility index (Phi) is 3.66.